The van der Waals surface area contributed by atoms with Gasteiger partial charge >= 0.3 is 0 Å². The smallest absolute Gasteiger partial charge is 0.0897 e. The molecule has 0 bridgehead atoms. The van der Waals surface area contributed by atoms with E-state index in [4.69, 9.17) is 4.74 Å². The molecule has 0 fully saturated rings. The molecule has 98 valence electrons. The lowest BCUT2D eigenvalue weighted by atomic mass is 10.1. The van der Waals surface area contributed by atoms with E-state index in [2.05, 4.69) is 39.9 Å². The van der Waals surface area contributed by atoms with Gasteiger partial charge in [0.15, 0.2) is 0 Å². The summed E-state index contributed by atoms with van der Waals surface area (Å²) in [5.74, 6) is 1.26. The molecule has 0 heterocycles. The molecule has 0 spiro atoms. The third-order valence-electron chi connectivity index (χ3n) is 2.31. The monoisotopic (exact) mass is 231 g/mol. The van der Waals surface area contributed by atoms with E-state index in [1.54, 1.807) is 0 Å². The zero-order chi connectivity index (χ0) is 12.6. The van der Waals surface area contributed by atoms with Crippen molar-refractivity contribution in [1.29, 1.82) is 0 Å². The predicted octanol–water partition coefficient (Wildman–Crippen LogP) is 2.04. The highest BCUT2D eigenvalue weighted by Crippen LogP contribution is 2.07. The third-order valence-corrected chi connectivity index (χ3v) is 2.31. The summed E-state index contributed by atoms with van der Waals surface area (Å²) in [6.45, 7) is 12.7. The van der Waals surface area contributed by atoms with Gasteiger partial charge in [-0.05, 0) is 31.7 Å². The largest absolute Gasteiger partial charge is 0.389 e. The molecule has 0 aromatic heterocycles. The number of ether oxygens (including phenoxy) is 1. The molecule has 2 N–H and O–H groups in total. The van der Waals surface area contributed by atoms with E-state index in [9.17, 15) is 5.11 Å². The van der Waals surface area contributed by atoms with E-state index < -0.39 is 6.10 Å². The zero-order valence-electron chi connectivity index (χ0n) is 11.5. The SMILES string of the molecule is CC(C)CNCC(O)COC(C)CC(C)C. The van der Waals surface area contributed by atoms with Crippen molar-refractivity contribution in [2.24, 2.45) is 11.8 Å². The van der Waals surface area contributed by atoms with Gasteiger partial charge in [0, 0.05) is 6.54 Å². The molecule has 2 unspecified atom stereocenters. The summed E-state index contributed by atoms with van der Waals surface area (Å²) in [5.41, 5.74) is 0. The van der Waals surface area contributed by atoms with Gasteiger partial charge < -0.3 is 15.2 Å². The summed E-state index contributed by atoms with van der Waals surface area (Å²) in [6.07, 6.45) is 0.889. The molecular formula is C13H29NO2. The maximum atomic E-state index is 9.66. The van der Waals surface area contributed by atoms with Crippen LogP contribution in [0.15, 0.2) is 0 Å². The fourth-order valence-electron chi connectivity index (χ4n) is 1.60. The standard InChI is InChI=1S/C13H29NO2/c1-10(2)6-12(5)16-9-13(15)8-14-7-11(3)4/h10-15H,6-9H2,1-5H3. The van der Waals surface area contributed by atoms with Crippen LogP contribution in [0.1, 0.15) is 41.0 Å². The van der Waals surface area contributed by atoms with Crippen LogP contribution in [0, 0.1) is 11.8 Å². The molecule has 0 aliphatic heterocycles. The van der Waals surface area contributed by atoms with E-state index in [1.165, 1.54) is 0 Å². The Balaban J connectivity index is 3.45. The second-order valence-electron chi connectivity index (χ2n) is 5.48. The van der Waals surface area contributed by atoms with Gasteiger partial charge in [-0.2, -0.15) is 0 Å². The molecular weight excluding hydrogens is 202 g/mol. The van der Waals surface area contributed by atoms with Gasteiger partial charge in [-0.1, -0.05) is 27.7 Å². The quantitative estimate of drug-likeness (QED) is 0.638. The van der Waals surface area contributed by atoms with Crippen molar-refractivity contribution in [2.75, 3.05) is 19.7 Å². The Bertz CT molecular complexity index is 160. The summed E-state index contributed by atoms with van der Waals surface area (Å²) in [7, 11) is 0. The molecule has 0 aliphatic carbocycles. The summed E-state index contributed by atoms with van der Waals surface area (Å²) in [6, 6.07) is 0. The molecule has 0 radical (unpaired) electrons. The van der Waals surface area contributed by atoms with E-state index >= 15 is 0 Å². The van der Waals surface area contributed by atoms with Gasteiger partial charge in [0.25, 0.3) is 0 Å². The third kappa shape index (κ3) is 10.4. The van der Waals surface area contributed by atoms with E-state index in [1.807, 2.05) is 0 Å². The molecule has 0 aromatic carbocycles. The van der Waals surface area contributed by atoms with Crippen molar-refractivity contribution >= 4 is 0 Å². The lowest BCUT2D eigenvalue weighted by molar-refractivity contribution is -0.00860. The van der Waals surface area contributed by atoms with Crippen molar-refractivity contribution < 1.29 is 9.84 Å². The first-order valence-corrected chi connectivity index (χ1v) is 6.42. The summed E-state index contributed by atoms with van der Waals surface area (Å²) in [5, 5.41) is 12.9. The van der Waals surface area contributed by atoms with Crippen LogP contribution in [0.5, 0.6) is 0 Å². The lowest BCUT2D eigenvalue weighted by Crippen LogP contribution is -2.33. The average molecular weight is 231 g/mol. The molecule has 0 saturated heterocycles. The van der Waals surface area contributed by atoms with Crippen LogP contribution in [0.3, 0.4) is 0 Å². The number of aliphatic hydroxyl groups is 1. The molecule has 3 heteroatoms. The van der Waals surface area contributed by atoms with Crippen molar-refractivity contribution in [3.05, 3.63) is 0 Å². The van der Waals surface area contributed by atoms with Gasteiger partial charge in [-0.25, -0.2) is 0 Å². The highest BCUT2D eigenvalue weighted by Gasteiger charge is 2.09. The van der Waals surface area contributed by atoms with Crippen LogP contribution in [0.4, 0.5) is 0 Å². The second kappa shape index (κ2) is 8.97. The Morgan fingerprint density at radius 1 is 1.00 bits per heavy atom. The maximum Gasteiger partial charge on any atom is 0.0897 e. The van der Waals surface area contributed by atoms with Crippen molar-refractivity contribution in [3.63, 3.8) is 0 Å². The Kier molecular flexibility index (Phi) is 8.90. The maximum absolute atomic E-state index is 9.66. The minimum Gasteiger partial charge on any atom is -0.389 e. The van der Waals surface area contributed by atoms with Crippen molar-refractivity contribution in [3.8, 4) is 0 Å². The molecule has 16 heavy (non-hydrogen) atoms. The highest BCUT2D eigenvalue weighted by atomic mass is 16.5. The first-order chi connectivity index (χ1) is 7.41. The average Bonchev–Trinajstić information content (AvgIpc) is 2.13. The second-order valence-corrected chi connectivity index (χ2v) is 5.48. The fourth-order valence-corrected chi connectivity index (χ4v) is 1.60. The van der Waals surface area contributed by atoms with E-state index in [0.29, 0.717) is 25.0 Å². The predicted molar refractivity (Wildman–Crippen MR) is 68.6 cm³/mol. The summed E-state index contributed by atoms with van der Waals surface area (Å²) < 4.78 is 5.58. The van der Waals surface area contributed by atoms with Crippen LogP contribution in [0.2, 0.25) is 0 Å². The number of aliphatic hydroxyl groups excluding tert-OH is 1. The van der Waals surface area contributed by atoms with Crippen molar-refractivity contribution in [2.45, 2.75) is 53.2 Å². The van der Waals surface area contributed by atoms with E-state index in [-0.39, 0.29) is 6.10 Å². The molecule has 0 aliphatic rings. The van der Waals surface area contributed by atoms with Crippen LogP contribution in [0.25, 0.3) is 0 Å². The van der Waals surface area contributed by atoms with Gasteiger partial charge in [0.2, 0.25) is 0 Å². The topological polar surface area (TPSA) is 41.5 Å². The number of nitrogens with one attached hydrogen (secondary N) is 1. The first kappa shape index (κ1) is 15.9. The first-order valence-electron chi connectivity index (χ1n) is 6.42. The number of rotatable bonds is 9. The Morgan fingerprint density at radius 2 is 1.62 bits per heavy atom. The van der Waals surface area contributed by atoms with Crippen molar-refractivity contribution in [1.82, 2.24) is 5.32 Å². The lowest BCUT2D eigenvalue weighted by Gasteiger charge is -2.18. The normalized spacial score (nSPS) is 15.8. The molecule has 0 rings (SSSR count). The number of hydrogen-bond acceptors (Lipinski definition) is 3. The molecule has 0 aromatic rings. The van der Waals surface area contributed by atoms with Gasteiger partial charge in [0.1, 0.15) is 0 Å². The van der Waals surface area contributed by atoms with Crippen LogP contribution < -0.4 is 5.32 Å². The Labute approximate surface area is 101 Å². The molecule has 0 amide bonds. The molecule has 0 saturated carbocycles. The molecule has 3 nitrogen and oxygen atoms in total. The van der Waals surface area contributed by atoms with Crippen LogP contribution in [-0.2, 0) is 4.74 Å². The fraction of sp³-hybridized carbons (Fsp3) is 1.00. The highest BCUT2D eigenvalue weighted by molar-refractivity contribution is 4.61. The van der Waals surface area contributed by atoms with Gasteiger partial charge in [-0.15, -0.1) is 0 Å². The minimum atomic E-state index is -0.395. The Morgan fingerprint density at radius 3 is 2.12 bits per heavy atom. The minimum absolute atomic E-state index is 0.236. The van der Waals surface area contributed by atoms with Crippen LogP contribution in [-0.4, -0.2) is 37.0 Å². The van der Waals surface area contributed by atoms with Gasteiger partial charge in [0.05, 0.1) is 18.8 Å². The van der Waals surface area contributed by atoms with Gasteiger partial charge in [-0.3, -0.25) is 0 Å². The summed E-state index contributed by atoms with van der Waals surface area (Å²) >= 11 is 0. The zero-order valence-corrected chi connectivity index (χ0v) is 11.5. The van der Waals surface area contributed by atoms with Crippen LogP contribution >= 0.6 is 0 Å². The number of hydrogen-bond donors (Lipinski definition) is 2. The van der Waals surface area contributed by atoms with E-state index in [0.717, 1.165) is 13.0 Å². The Hall–Kier alpha value is -0.120. The molecule has 2 atom stereocenters. The summed E-state index contributed by atoms with van der Waals surface area (Å²) in [4.78, 5) is 0.